The number of benzene rings is 2. The molecule has 0 radical (unpaired) electrons. The van der Waals surface area contributed by atoms with E-state index < -0.39 is 0 Å². The Bertz CT molecular complexity index is 668. The van der Waals surface area contributed by atoms with E-state index in [1.165, 1.54) is 0 Å². The van der Waals surface area contributed by atoms with Crippen LogP contribution in [0.25, 0.3) is 22.0 Å². The minimum Gasteiger partial charge on any atom is -0.872 e. The van der Waals surface area contributed by atoms with Gasteiger partial charge in [0.1, 0.15) is 0 Å². The predicted octanol–water partition coefficient (Wildman–Crippen LogP) is -0.0206. The second-order valence-electron chi connectivity index (χ2n) is 3.91. The second-order valence-corrected chi connectivity index (χ2v) is 3.91. The van der Waals surface area contributed by atoms with Gasteiger partial charge in [-0.2, -0.15) is 0 Å². The molecule has 0 saturated heterocycles. The Morgan fingerprint density at radius 3 is 2.17 bits per heavy atom. The zero-order valence-electron chi connectivity index (χ0n) is 10.1. The standard InChI is InChI=1S/C15H11NO.Li/c17-15-10-12-6-2-1-5-11(12)9-13(15)14-7-3-4-8-16-14;/h1-10,17H;/q;+1/p-1. The van der Waals surface area contributed by atoms with Crippen LogP contribution in [0, 0.1) is 0 Å². The summed E-state index contributed by atoms with van der Waals surface area (Å²) < 4.78 is 0. The molecular formula is C15H10LiNO. The van der Waals surface area contributed by atoms with Crippen molar-refractivity contribution in [3.8, 4) is 17.0 Å². The van der Waals surface area contributed by atoms with E-state index in [9.17, 15) is 5.11 Å². The average molecular weight is 227 g/mol. The zero-order valence-corrected chi connectivity index (χ0v) is 10.1. The van der Waals surface area contributed by atoms with Crippen molar-refractivity contribution in [1.82, 2.24) is 4.98 Å². The third-order valence-electron chi connectivity index (χ3n) is 2.79. The van der Waals surface area contributed by atoms with Gasteiger partial charge in [-0.15, -0.1) is 0 Å². The van der Waals surface area contributed by atoms with Crippen molar-refractivity contribution in [1.29, 1.82) is 0 Å². The SMILES string of the molecule is [Li+].[O-]c1cc2ccccc2cc1-c1ccccn1. The van der Waals surface area contributed by atoms with Crippen molar-refractivity contribution in [2.45, 2.75) is 0 Å². The first-order chi connectivity index (χ1) is 8.34. The molecule has 1 aromatic heterocycles. The first-order valence-corrected chi connectivity index (χ1v) is 5.46. The van der Waals surface area contributed by atoms with Crippen LogP contribution < -0.4 is 24.0 Å². The monoisotopic (exact) mass is 227 g/mol. The topological polar surface area (TPSA) is 36.0 Å². The molecule has 3 aromatic rings. The maximum atomic E-state index is 12.0. The molecule has 0 aliphatic carbocycles. The Labute approximate surface area is 117 Å². The quantitative estimate of drug-likeness (QED) is 0.548. The van der Waals surface area contributed by atoms with Gasteiger partial charge >= 0.3 is 18.9 Å². The molecule has 82 valence electrons. The summed E-state index contributed by atoms with van der Waals surface area (Å²) in [7, 11) is 0. The van der Waals surface area contributed by atoms with Crippen molar-refractivity contribution < 1.29 is 24.0 Å². The Morgan fingerprint density at radius 1 is 0.833 bits per heavy atom. The molecule has 18 heavy (non-hydrogen) atoms. The third kappa shape index (κ3) is 2.26. The minimum atomic E-state index is 0. The van der Waals surface area contributed by atoms with E-state index in [4.69, 9.17) is 0 Å². The maximum Gasteiger partial charge on any atom is 1.00 e. The fraction of sp³-hybridized carbons (Fsp3) is 0. The molecule has 0 unspecified atom stereocenters. The number of pyridine rings is 1. The van der Waals surface area contributed by atoms with Crippen LogP contribution in [0.5, 0.6) is 5.75 Å². The minimum absolute atomic E-state index is 0. The van der Waals surface area contributed by atoms with Gasteiger partial charge in [0.15, 0.2) is 0 Å². The first-order valence-electron chi connectivity index (χ1n) is 5.46. The molecule has 1 heterocycles. The molecule has 2 nitrogen and oxygen atoms in total. The van der Waals surface area contributed by atoms with E-state index in [-0.39, 0.29) is 24.6 Å². The molecule has 0 amide bonds. The number of hydrogen-bond acceptors (Lipinski definition) is 2. The van der Waals surface area contributed by atoms with Crippen LogP contribution in [0.1, 0.15) is 0 Å². The summed E-state index contributed by atoms with van der Waals surface area (Å²) in [5.74, 6) is 0.0161. The van der Waals surface area contributed by atoms with Crippen molar-refractivity contribution in [3.63, 3.8) is 0 Å². The van der Waals surface area contributed by atoms with Crippen LogP contribution in [0.2, 0.25) is 0 Å². The van der Waals surface area contributed by atoms with Crippen molar-refractivity contribution in [3.05, 3.63) is 60.8 Å². The van der Waals surface area contributed by atoms with Crippen LogP contribution in [0.3, 0.4) is 0 Å². The normalized spacial score (nSPS) is 10.0. The average Bonchev–Trinajstić information content (AvgIpc) is 2.39. The summed E-state index contributed by atoms with van der Waals surface area (Å²) in [6.07, 6.45) is 1.70. The van der Waals surface area contributed by atoms with Crippen LogP contribution in [-0.4, -0.2) is 4.98 Å². The van der Waals surface area contributed by atoms with E-state index >= 15 is 0 Å². The number of rotatable bonds is 1. The summed E-state index contributed by atoms with van der Waals surface area (Å²) in [4.78, 5) is 4.22. The summed E-state index contributed by atoms with van der Waals surface area (Å²) >= 11 is 0. The molecular weight excluding hydrogens is 217 g/mol. The van der Waals surface area contributed by atoms with Gasteiger partial charge in [-0.1, -0.05) is 42.1 Å². The summed E-state index contributed by atoms with van der Waals surface area (Å²) in [6, 6.07) is 17.0. The first kappa shape index (κ1) is 12.7. The largest absolute Gasteiger partial charge is 1.00 e. The van der Waals surface area contributed by atoms with E-state index in [0.29, 0.717) is 5.56 Å². The van der Waals surface area contributed by atoms with Gasteiger partial charge in [0.2, 0.25) is 0 Å². The molecule has 0 saturated carbocycles. The Balaban J connectivity index is 0.00000120. The summed E-state index contributed by atoms with van der Waals surface area (Å²) in [5, 5.41) is 14.0. The summed E-state index contributed by atoms with van der Waals surface area (Å²) in [6.45, 7) is 0. The molecule has 0 bridgehead atoms. The van der Waals surface area contributed by atoms with Gasteiger partial charge in [0.25, 0.3) is 0 Å². The van der Waals surface area contributed by atoms with E-state index in [1.807, 2.05) is 48.5 Å². The molecule has 0 aliphatic rings. The van der Waals surface area contributed by atoms with Crippen LogP contribution in [-0.2, 0) is 0 Å². The molecule has 0 atom stereocenters. The second kappa shape index (κ2) is 5.26. The van der Waals surface area contributed by atoms with Crippen molar-refractivity contribution in [2.24, 2.45) is 0 Å². The van der Waals surface area contributed by atoms with E-state index in [1.54, 1.807) is 12.3 Å². The summed E-state index contributed by atoms with van der Waals surface area (Å²) in [5.41, 5.74) is 1.38. The molecule has 2 aromatic carbocycles. The number of nitrogens with zero attached hydrogens (tertiary/aromatic N) is 1. The number of aromatic nitrogens is 1. The van der Waals surface area contributed by atoms with Crippen LogP contribution >= 0.6 is 0 Å². The predicted molar refractivity (Wildman–Crippen MR) is 66.6 cm³/mol. The smallest absolute Gasteiger partial charge is 0.872 e. The van der Waals surface area contributed by atoms with Gasteiger partial charge in [-0.3, -0.25) is 4.98 Å². The third-order valence-corrected chi connectivity index (χ3v) is 2.79. The molecule has 3 rings (SSSR count). The van der Waals surface area contributed by atoms with Gasteiger partial charge in [0, 0.05) is 6.20 Å². The van der Waals surface area contributed by atoms with E-state index in [0.717, 1.165) is 16.5 Å². The number of hydrogen-bond donors (Lipinski definition) is 0. The Morgan fingerprint density at radius 2 is 1.50 bits per heavy atom. The zero-order chi connectivity index (χ0) is 11.7. The van der Waals surface area contributed by atoms with E-state index in [2.05, 4.69) is 4.98 Å². The van der Waals surface area contributed by atoms with Crippen molar-refractivity contribution in [2.75, 3.05) is 0 Å². The molecule has 0 fully saturated rings. The fourth-order valence-corrected chi connectivity index (χ4v) is 1.94. The number of fused-ring (bicyclic) bond motifs is 1. The molecule has 0 N–H and O–H groups in total. The molecule has 3 heteroatoms. The maximum absolute atomic E-state index is 12.0. The Hall–Kier alpha value is -1.75. The van der Waals surface area contributed by atoms with Gasteiger partial charge in [0.05, 0.1) is 5.69 Å². The van der Waals surface area contributed by atoms with Gasteiger partial charge in [-0.05, 0) is 34.5 Å². The van der Waals surface area contributed by atoms with Crippen molar-refractivity contribution >= 4 is 10.8 Å². The molecule has 0 spiro atoms. The van der Waals surface area contributed by atoms with Gasteiger partial charge in [-0.25, -0.2) is 0 Å². The van der Waals surface area contributed by atoms with Crippen LogP contribution in [0.15, 0.2) is 60.8 Å². The van der Waals surface area contributed by atoms with Gasteiger partial charge < -0.3 is 5.11 Å². The van der Waals surface area contributed by atoms with Crippen LogP contribution in [0.4, 0.5) is 0 Å². The fourth-order valence-electron chi connectivity index (χ4n) is 1.94. The molecule has 0 aliphatic heterocycles. The Kier molecular flexibility index (Phi) is 3.71.